The molecule has 0 radical (unpaired) electrons. The van der Waals surface area contributed by atoms with Crippen LogP contribution < -0.4 is 4.57 Å². The van der Waals surface area contributed by atoms with Gasteiger partial charge in [-0.2, -0.15) is 25.9 Å². The van der Waals surface area contributed by atoms with E-state index < -0.39 is 25.8 Å². The highest BCUT2D eigenvalue weighted by atomic mass is 32.2. The van der Waals surface area contributed by atoms with Crippen molar-refractivity contribution in [2.75, 3.05) is 6.54 Å². The van der Waals surface area contributed by atoms with Crippen molar-refractivity contribution in [3.63, 3.8) is 0 Å². The molecular weight excluding hydrogens is 454 g/mol. The van der Waals surface area contributed by atoms with Crippen LogP contribution in [0, 0.1) is 11.7 Å². The molecule has 0 unspecified atom stereocenters. The zero-order chi connectivity index (χ0) is 23.3. The van der Waals surface area contributed by atoms with Crippen molar-refractivity contribution in [3.8, 4) is 0 Å². The Labute approximate surface area is 172 Å². The first-order valence-corrected chi connectivity index (χ1v) is 11.1. The fraction of sp³-hybridized carbons (Fsp3) is 0.438. The number of alkyl halides is 3. The van der Waals surface area contributed by atoms with Gasteiger partial charge < -0.3 is 4.55 Å². The van der Waals surface area contributed by atoms with Crippen molar-refractivity contribution in [1.29, 1.82) is 0 Å². The molecule has 30 heavy (non-hydrogen) atoms. The molecule has 8 nitrogen and oxygen atoms in total. The van der Waals surface area contributed by atoms with E-state index in [4.69, 9.17) is 13.0 Å². The number of benzene rings is 1. The molecule has 0 saturated heterocycles. The van der Waals surface area contributed by atoms with E-state index in [0.29, 0.717) is 6.54 Å². The predicted octanol–water partition coefficient (Wildman–Crippen LogP) is 1.75. The summed E-state index contributed by atoms with van der Waals surface area (Å²) in [7, 11) is -7.98. The highest BCUT2D eigenvalue weighted by Crippen LogP contribution is 2.20. The number of imidazole rings is 1. The van der Waals surface area contributed by atoms with Crippen molar-refractivity contribution in [1.82, 2.24) is 8.28 Å². The highest BCUT2D eigenvalue weighted by molar-refractivity contribution is 7.87. The van der Waals surface area contributed by atoms with Crippen LogP contribution in [-0.2, 0) is 33.9 Å². The summed E-state index contributed by atoms with van der Waals surface area (Å²) >= 11 is 0. The van der Waals surface area contributed by atoms with Crippen LogP contribution in [-0.4, -0.2) is 41.7 Å². The third kappa shape index (κ3) is 7.66. The van der Waals surface area contributed by atoms with E-state index in [1.165, 1.54) is 32.9 Å². The number of nitrogens with zero attached hydrogens (tertiary/aromatic N) is 3. The Morgan fingerprint density at radius 2 is 1.63 bits per heavy atom. The predicted molar refractivity (Wildman–Crippen MR) is 97.3 cm³/mol. The van der Waals surface area contributed by atoms with Crippen LogP contribution in [0.2, 0.25) is 0 Å². The van der Waals surface area contributed by atoms with Gasteiger partial charge >= 0.3 is 15.7 Å². The maximum Gasteiger partial charge on any atom is 0.485 e. The summed E-state index contributed by atoms with van der Waals surface area (Å²) < 4.78 is 102. The first-order chi connectivity index (χ1) is 13.5. The Morgan fingerprint density at radius 3 is 2.00 bits per heavy atom. The summed E-state index contributed by atoms with van der Waals surface area (Å²) in [6, 6.07) is 5.89. The van der Waals surface area contributed by atoms with E-state index in [9.17, 15) is 26.0 Å². The van der Waals surface area contributed by atoms with Gasteiger partial charge in [0.1, 0.15) is 18.2 Å². The number of halogens is 4. The minimum atomic E-state index is -6.09. The summed E-state index contributed by atoms with van der Waals surface area (Å²) in [4.78, 5) is 0. The summed E-state index contributed by atoms with van der Waals surface area (Å²) in [6.07, 6.45) is 4.68. The van der Waals surface area contributed by atoms with Crippen molar-refractivity contribution < 1.29 is 43.5 Å². The second kappa shape index (κ2) is 9.85. The third-order valence-corrected chi connectivity index (χ3v) is 5.71. The van der Waals surface area contributed by atoms with E-state index in [-0.39, 0.29) is 18.3 Å². The average molecular weight is 475 g/mol. The Hall–Kier alpha value is -2.03. The number of hydrogen-bond acceptors (Lipinski definition) is 5. The molecule has 0 spiro atoms. The molecular formula is C16H21F4N3O5S2. The van der Waals surface area contributed by atoms with Crippen LogP contribution in [0.4, 0.5) is 17.6 Å². The van der Waals surface area contributed by atoms with Crippen molar-refractivity contribution in [2.45, 2.75) is 25.9 Å². The molecule has 0 aliphatic rings. The van der Waals surface area contributed by atoms with Crippen molar-refractivity contribution >= 4 is 20.3 Å². The Morgan fingerprint density at radius 1 is 1.13 bits per heavy atom. The van der Waals surface area contributed by atoms with Gasteiger partial charge in [-0.15, -0.1) is 3.97 Å². The molecule has 170 valence electrons. The third-order valence-electron chi connectivity index (χ3n) is 3.46. The SMILES string of the molecule is CC(C)CN(Cc1ccc(F)cc1)S(=O)(=O)n1cc[n+](C)c1.O=S(=O)([O-])C(F)(F)F. The van der Waals surface area contributed by atoms with Gasteiger partial charge in [0.2, 0.25) is 0 Å². The lowest BCUT2D eigenvalue weighted by Crippen LogP contribution is -2.38. The average Bonchev–Trinajstić information content (AvgIpc) is 3.02. The second-order valence-corrected chi connectivity index (χ2v) is 9.83. The standard InChI is InChI=1S/C15H21FN3O2S.CHF3O3S/c1-13(2)10-19(11-14-4-6-15(16)7-5-14)22(20,21)18-9-8-17(3)12-18;2-1(3,4)8(5,6)7/h4-9,12-13H,10-11H2,1-3H3;(H,5,6,7)/q+1;/p-1. The molecule has 1 aromatic heterocycles. The van der Waals surface area contributed by atoms with Gasteiger partial charge in [0.05, 0.1) is 7.05 Å². The highest BCUT2D eigenvalue weighted by Gasteiger charge is 2.37. The Bertz CT molecular complexity index is 1030. The molecule has 0 amide bonds. The molecule has 0 bridgehead atoms. The van der Waals surface area contributed by atoms with Crippen LogP contribution in [0.3, 0.4) is 0 Å². The number of aromatic nitrogens is 2. The molecule has 0 aliphatic heterocycles. The normalized spacial score (nSPS) is 12.7. The summed E-state index contributed by atoms with van der Waals surface area (Å²) in [6.45, 7) is 4.52. The molecule has 0 N–H and O–H groups in total. The van der Waals surface area contributed by atoms with E-state index in [0.717, 1.165) is 5.56 Å². The van der Waals surface area contributed by atoms with Crippen molar-refractivity contribution in [2.24, 2.45) is 13.0 Å². The maximum atomic E-state index is 13.0. The molecule has 0 fully saturated rings. The van der Waals surface area contributed by atoms with Crippen LogP contribution in [0.25, 0.3) is 0 Å². The molecule has 2 rings (SSSR count). The van der Waals surface area contributed by atoms with Crippen LogP contribution in [0.5, 0.6) is 0 Å². The number of rotatable bonds is 6. The maximum absolute atomic E-state index is 13.0. The first kappa shape index (κ1) is 26.0. The first-order valence-electron chi connectivity index (χ1n) is 8.34. The Balaban J connectivity index is 0.000000479. The fourth-order valence-corrected chi connectivity index (χ4v) is 3.68. The fourth-order valence-electron chi connectivity index (χ4n) is 2.14. The molecule has 0 saturated carbocycles. The lowest BCUT2D eigenvalue weighted by atomic mass is 10.2. The molecule has 0 atom stereocenters. The van der Waals surface area contributed by atoms with Gasteiger partial charge in [0, 0.05) is 13.1 Å². The molecule has 2 aromatic rings. The quantitative estimate of drug-likeness (QED) is 0.274. The molecule has 1 heterocycles. The molecule has 1 aromatic carbocycles. The number of hydrogen-bond donors (Lipinski definition) is 0. The smallest absolute Gasteiger partial charge is 0.485 e. The van der Waals surface area contributed by atoms with Gasteiger partial charge in [-0.05, 0) is 23.6 Å². The van der Waals surface area contributed by atoms with Crippen LogP contribution in [0.15, 0.2) is 43.0 Å². The van der Waals surface area contributed by atoms with Gasteiger partial charge in [0.15, 0.2) is 10.1 Å². The lowest BCUT2D eigenvalue weighted by Gasteiger charge is -2.21. The van der Waals surface area contributed by atoms with E-state index in [1.54, 1.807) is 29.9 Å². The van der Waals surface area contributed by atoms with Crippen LogP contribution in [0.1, 0.15) is 19.4 Å². The molecule has 14 heteroatoms. The second-order valence-electron chi connectivity index (χ2n) is 6.63. The summed E-state index contributed by atoms with van der Waals surface area (Å²) in [5.41, 5.74) is -4.89. The van der Waals surface area contributed by atoms with Gasteiger partial charge in [-0.25, -0.2) is 17.4 Å². The lowest BCUT2D eigenvalue weighted by molar-refractivity contribution is -0.670. The van der Waals surface area contributed by atoms with E-state index in [2.05, 4.69) is 0 Å². The number of aryl methyl sites for hydroxylation is 1. The Kier molecular flexibility index (Phi) is 8.54. The minimum Gasteiger partial charge on any atom is -0.741 e. The zero-order valence-electron chi connectivity index (χ0n) is 16.2. The van der Waals surface area contributed by atoms with Gasteiger partial charge in [-0.1, -0.05) is 26.0 Å². The topological polar surface area (TPSA) is 103 Å². The van der Waals surface area contributed by atoms with Crippen molar-refractivity contribution in [3.05, 3.63) is 54.4 Å². The zero-order valence-corrected chi connectivity index (χ0v) is 17.9. The monoisotopic (exact) mass is 475 g/mol. The van der Waals surface area contributed by atoms with E-state index >= 15 is 0 Å². The van der Waals surface area contributed by atoms with Gasteiger partial charge in [0.25, 0.3) is 6.33 Å². The van der Waals surface area contributed by atoms with Gasteiger partial charge in [-0.3, -0.25) is 0 Å². The largest absolute Gasteiger partial charge is 0.741 e. The summed E-state index contributed by atoms with van der Waals surface area (Å²) in [5, 5.41) is 0. The minimum absolute atomic E-state index is 0.180. The van der Waals surface area contributed by atoms with Crippen LogP contribution >= 0.6 is 0 Å². The summed E-state index contributed by atoms with van der Waals surface area (Å²) in [5.74, 6) is -0.154. The molecule has 0 aliphatic carbocycles. The van der Waals surface area contributed by atoms with E-state index in [1.807, 2.05) is 13.8 Å².